The maximum absolute atomic E-state index is 12.7. The number of carbonyl (C=O) groups is 1. The summed E-state index contributed by atoms with van der Waals surface area (Å²) in [5.74, 6) is -0.163. The minimum atomic E-state index is -0.685. The summed E-state index contributed by atoms with van der Waals surface area (Å²) >= 11 is 0. The van der Waals surface area contributed by atoms with Crippen LogP contribution in [0.2, 0.25) is 0 Å². The molecular weight excluding hydrogens is 264 g/mol. The molecule has 1 aliphatic rings. The molecule has 1 aromatic carbocycles. The van der Waals surface area contributed by atoms with Gasteiger partial charge in [0.1, 0.15) is 5.54 Å². The van der Waals surface area contributed by atoms with E-state index in [9.17, 15) is 4.79 Å². The first-order chi connectivity index (χ1) is 10.3. The van der Waals surface area contributed by atoms with Crippen LogP contribution in [0.1, 0.15) is 37.7 Å². The van der Waals surface area contributed by atoms with Gasteiger partial charge < -0.3 is 10.5 Å². The summed E-state index contributed by atoms with van der Waals surface area (Å²) in [6.45, 7) is 2.46. The summed E-state index contributed by atoms with van der Waals surface area (Å²) in [5, 5.41) is 0. The molecule has 2 rings (SSSR count). The Balaban J connectivity index is 2.44. The normalized spacial score (nSPS) is 19.0. The minimum absolute atomic E-state index is 0.163. The van der Waals surface area contributed by atoms with Crippen LogP contribution in [-0.2, 0) is 15.1 Å². The Morgan fingerprint density at radius 3 is 2.48 bits per heavy atom. The molecule has 0 radical (unpaired) electrons. The molecule has 0 spiro atoms. The fourth-order valence-electron chi connectivity index (χ4n) is 3.35. The molecule has 1 aliphatic heterocycles. The van der Waals surface area contributed by atoms with Crippen LogP contribution >= 0.6 is 0 Å². The molecule has 0 aliphatic carbocycles. The third kappa shape index (κ3) is 3.27. The fourth-order valence-corrected chi connectivity index (χ4v) is 3.35. The lowest BCUT2D eigenvalue weighted by atomic mass is 9.82. The van der Waals surface area contributed by atoms with E-state index in [1.165, 1.54) is 13.5 Å². The number of rotatable bonds is 6. The van der Waals surface area contributed by atoms with Gasteiger partial charge in [-0.3, -0.25) is 4.90 Å². The Morgan fingerprint density at radius 2 is 1.90 bits per heavy atom. The van der Waals surface area contributed by atoms with Gasteiger partial charge in [-0.15, -0.1) is 0 Å². The number of likely N-dealkylation sites (tertiary alicyclic amines) is 1. The second-order valence-electron chi connectivity index (χ2n) is 5.66. The second kappa shape index (κ2) is 7.57. The number of hydrogen-bond donors (Lipinski definition) is 1. The van der Waals surface area contributed by atoms with Crippen molar-refractivity contribution in [1.29, 1.82) is 0 Å². The Labute approximate surface area is 127 Å². The number of methoxy groups -OCH3 is 1. The van der Waals surface area contributed by atoms with Gasteiger partial charge in [0.25, 0.3) is 0 Å². The first kappa shape index (κ1) is 16.0. The zero-order valence-electron chi connectivity index (χ0n) is 12.9. The number of nitrogens with two attached hydrogens (primary N) is 1. The van der Waals surface area contributed by atoms with Crippen molar-refractivity contribution in [2.24, 2.45) is 5.73 Å². The number of piperidine rings is 1. The Morgan fingerprint density at radius 1 is 1.24 bits per heavy atom. The zero-order valence-corrected chi connectivity index (χ0v) is 12.9. The highest BCUT2D eigenvalue weighted by Gasteiger charge is 2.46. The summed E-state index contributed by atoms with van der Waals surface area (Å²) in [6.07, 6.45) is 5.02. The predicted octanol–water partition coefficient (Wildman–Crippen LogP) is 2.28. The van der Waals surface area contributed by atoms with Crippen molar-refractivity contribution >= 4 is 5.97 Å². The standard InChI is InChI=1S/C17H26N2O2/c1-21-16(20)17(11-8-12-18,15-9-4-2-5-10-15)19-13-6-3-7-14-19/h2,4-5,9-10H,3,6-8,11-14,18H2,1H3. The van der Waals surface area contributed by atoms with E-state index in [-0.39, 0.29) is 5.97 Å². The molecule has 0 bridgehead atoms. The molecule has 4 heteroatoms. The van der Waals surface area contributed by atoms with Crippen LogP contribution in [0.15, 0.2) is 30.3 Å². The highest BCUT2D eigenvalue weighted by Crippen LogP contribution is 2.36. The van der Waals surface area contributed by atoms with Gasteiger partial charge in [-0.1, -0.05) is 36.8 Å². The quantitative estimate of drug-likeness (QED) is 0.817. The van der Waals surface area contributed by atoms with E-state index in [0.29, 0.717) is 13.0 Å². The second-order valence-corrected chi connectivity index (χ2v) is 5.66. The maximum atomic E-state index is 12.7. The van der Waals surface area contributed by atoms with Crippen molar-refractivity contribution in [3.05, 3.63) is 35.9 Å². The van der Waals surface area contributed by atoms with Gasteiger partial charge in [-0.25, -0.2) is 4.79 Å². The van der Waals surface area contributed by atoms with E-state index in [2.05, 4.69) is 4.90 Å². The molecule has 1 atom stereocenters. The molecule has 1 aromatic rings. The molecule has 2 N–H and O–H groups in total. The monoisotopic (exact) mass is 290 g/mol. The SMILES string of the molecule is COC(=O)C(CCCN)(c1ccccc1)N1CCCCC1. The average Bonchev–Trinajstić information content (AvgIpc) is 2.57. The molecule has 116 valence electrons. The van der Waals surface area contributed by atoms with Gasteiger partial charge >= 0.3 is 5.97 Å². The van der Waals surface area contributed by atoms with E-state index >= 15 is 0 Å². The van der Waals surface area contributed by atoms with Crippen LogP contribution in [0.5, 0.6) is 0 Å². The lowest BCUT2D eigenvalue weighted by Gasteiger charge is -2.44. The van der Waals surface area contributed by atoms with Crippen molar-refractivity contribution in [2.45, 2.75) is 37.6 Å². The van der Waals surface area contributed by atoms with Crippen molar-refractivity contribution in [1.82, 2.24) is 4.90 Å². The Bertz CT molecular complexity index is 443. The fraction of sp³-hybridized carbons (Fsp3) is 0.588. The molecule has 1 saturated heterocycles. The van der Waals surface area contributed by atoms with E-state index < -0.39 is 5.54 Å². The zero-order chi connectivity index (χ0) is 15.1. The molecule has 1 fully saturated rings. The maximum Gasteiger partial charge on any atom is 0.330 e. The molecule has 1 unspecified atom stereocenters. The third-order valence-corrected chi connectivity index (χ3v) is 4.41. The summed E-state index contributed by atoms with van der Waals surface area (Å²) in [5.41, 5.74) is 6.05. The van der Waals surface area contributed by atoms with Crippen LogP contribution in [0.25, 0.3) is 0 Å². The largest absolute Gasteiger partial charge is 0.467 e. The number of esters is 1. The summed E-state index contributed by atoms with van der Waals surface area (Å²) in [6, 6.07) is 10.0. The average molecular weight is 290 g/mol. The third-order valence-electron chi connectivity index (χ3n) is 4.41. The topological polar surface area (TPSA) is 55.6 Å². The lowest BCUT2D eigenvalue weighted by molar-refractivity contribution is -0.158. The van der Waals surface area contributed by atoms with Crippen LogP contribution in [0.4, 0.5) is 0 Å². The number of ether oxygens (including phenoxy) is 1. The molecule has 0 saturated carbocycles. The molecule has 0 amide bonds. The number of nitrogens with zero attached hydrogens (tertiary/aromatic N) is 1. The molecule has 1 heterocycles. The van der Waals surface area contributed by atoms with Gasteiger partial charge in [0.15, 0.2) is 0 Å². The van der Waals surface area contributed by atoms with Crippen LogP contribution in [0, 0.1) is 0 Å². The van der Waals surface area contributed by atoms with Crippen molar-refractivity contribution < 1.29 is 9.53 Å². The van der Waals surface area contributed by atoms with Crippen LogP contribution < -0.4 is 5.73 Å². The van der Waals surface area contributed by atoms with Crippen LogP contribution in [-0.4, -0.2) is 37.6 Å². The number of carbonyl (C=O) groups excluding carboxylic acids is 1. The highest BCUT2D eigenvalue weighted by molar-refractivity contribution is 5.82. The smallest absolute Gasteiger partial charge is 0.330 e. The highest BCUT2D eigenvalue weighted by atomic mass is 16.5. The van der Waals surface area contributed by atoms with Gasteiger partial charge in [-0.05, 0) is 50.9 Å². The van der Waals surface area contributed by atoms with E-state index in [1.807, 2.05) is 30.3 Å². The molecule has 4 nitrogen and oxygen atoms in total. The first-order valence-electron chi connectivity index (χ1n) is 7.85. The van der Waals surface area contributed by atoms with Crippen molar-refractivity contribution in [2.75, 3.05) is 26.7 Å². The molecule has 21 heavy (non-hydrogen) atoms. The summed E-state index contributed by atoms with van der Waals surface area (Å²) in [4.78, 5) is 15.0. The van der Waals surface area contributed by atoms with Gasteiger partial charge in [0.2, 0.25) is 0 Å². The summed E-state index contributed by atoms with van der Waals surface area (Å²) in [7, 11) is 1.48. The van der Waals surface area contributed by atoms with E-state index in [1.54, 1.807) is 0 Å². The van der Waals surface area contributed by atoms with Crippen LogP contribution in [0.3, 0.4) is 0 Å². The Kier molecular flexibility index (Phi) is 5.76. The van der Waals surface area contributed by atoms with E-state index in [4.69, 9.17) is 10.5 Å². The lowest BCUT2D eigenvalue weighted by Crippen LogP contribution is -2.54. The minimum Gasteiger partial charge on any atom is -0.467 e. The predicted molar refractivity (Wildman–Crippen MR) is 83.8 cm³/mol. The number of hydrogen-bond acceptors (Lipinski definition) is 4. The first-order valence-corrected chi connectivity index (χ1v) is 7.85. The van der Waals surface area contributed by atoms with Gasteiger partial charge in [0, 0.05) is 0 Å². The van der Waals surface area contributed by atoms with Gasteiger partial charge in [-0.2, -0.15) is 0 Å². The van der Waals surface area contributed by atoms with Crippen molar-refractivity contribution in [3.63, 3.8) is 0 Å². The summed E-state index contributed by atoms with van der Waals surface area (Å²) < 4.78 is 5.20. The van der Waals surface area contributed by atoms with Crippen molar-refractivity contribution in [3.8, 4) is 0 Å². The Hall–Kier alpha value is -1.39. The number of benzene rings is 1. The van der Waals surface area contributed by atoms with E-state index in [0.717, 1.165) is 37.9 Å². The van der Waals surface area contributed by atoms with Gasteiger partial charge in [0.05, 0.1) is 7.11 Å². The molecular formula is C17H26N2O2. The molecule has 0 aromatic heterocycles.